The van der Waals surface area contributed by atoms with E-state index in [2.05, 4.69) is 0 Å². The quantitative estimate of drug-likeness (QED) is 0.633. The first kappa shape index (κ1) is 15.3. The van der Waals surface area contributed by atoms with Crippen LogP contribution in [0.3, 0.4) is 0 Å². The second-order valence-electron chi connectivity index (χ2n) is 4.84. The maximum absolute atomic E-state index is 12.0. The van der Waals surface area contributed by atoms with E-state index in [-0.39, 0.29) is 10.7 Å². The first-order valence-electron chi connectivity index (χ1n) is 6.32. The zero-order valence-corrected chi connectivity index (χ0v) is 13.3. The molecule has 7 heteroatoms. The third kappa shape index (κ3) is 2.83. The van der Waals surface area contributed by atoms with Crippen molar-refractivity contribution in [1.29, 1.82) is 0 Å². The highest BCUT2D eigenvalue weighted by Gasteiger charge is 2.44. The van der Waals surface area contributed by atoms with Gasteiger partial charge in [0.1, 0.15) is 4.91 Å². The molecule has 110 valence electrons. The number of carbonyl (C=O) groups excluding carboxylic acids is 1. The average molecular weight is 315 g/mol. The summed E-state index contributed by atoms with van der Waals surface area (Å²) in [4.78, 5) is 25.5. The molecule has 1 N–H and O–H groups in total. The molecule has 0 aliphatic carbocycles. The predicted octanol–water partition coefficient (Wildman–Crippen LogP) is 2.26. The van der Waals surface area contributed by atoms with Crippen LogP contribution >= 0.6 is 23.5 Å². The van der Waals surface area contributed by atoms with Crippen molar-refractivity contribution in [2.75, 3.05) is 18.9 Å². The number of hydrogen-bond donors (Lipinski definition) is 1. The molecule has 0 spiro atoms. The molecule has 0 bridgehead atoms. The Bertz CT molecular complexity index is 511. The Labute approximate surface area is 126 Å². The Hall–Kier alpha value is -1.08. The number of thioether (sulfide) groups is 2. The van der Waals surface area contributed by atoms with E-state index in [0.717, 1.165) is 16.5 Å². The number of rotatable bonds is 3. The molecule has 5 nitrogen and oxygen atoms in total. The number of carboxylic acids is 1. The summed E-state index contributed by atoms with van der Waals surface area (Å²) in [6.07, 6.45) is 1.23. The van der Waals surface area contributed by atoms with Gasteiger partial charge in [0.15, 0.2) is 0 Å². The van der Waals surface area contributed by atoms with Gasteiger partial charge >= 0.3 is 11.9 Å². The van der Waals surface area contributed by atoms with Crippen LogP contribution in [-0.4, -0.2) is 45.6 Å². The first-order valence-corrected chi connectivity index (χ1v) is 8.13. The van der Waals surface area contributed by atoms with Crippen LogP contribution < -0.4 is 0 Å². The van der Waals surface area contributed by atoms with Gasteiger partial charge in [-0.15, -0.1) is 11.8 Å². The average Bonchev–Trinajstić information content (AvgIpc) is 2.60. The van der Waals surface area contributed by atoms with E-state index in [1.165, 1.54) is 29.6 Å². The first-order chi connectivity index (χ1) is 9.36. The van der Waals surface area contributed by atoms with Crippen molar-refractivity contribution in [2.24, 2.45) is 0 Å². The number of carbonyl (C=O) groups is 2. The van der Waals surface area contributed by atoms with Gasteiger partial charge in [-0.25, -0.2) is 9.59 Å². The van der Waals surface area contributed by atoms with E-state index in [1.807, 2.05) is 18.7 Å². The molecule has 0 atom stereocenters. The van der Waals surface area contributed by atoms with E-state index in [0.29, 0.717) is 18.1 Å². The fraction of sp³-hybridized carbons (Fsp3) is 0.538. The molecule has 20 heavy (non-hydrogen) atoms. The summed E-state index contributed by atoms with van der Waals surface area (Å²) in [5.74, 6) is -0.548. The molecule has 0 aromatic rings. The largest absolute Gasteiger partial charge is 0.478 e. The molecule has 2 heterocycles. The minimum atomic E-state index is -0.967. The lowest BCUT2D eigenvalue weighted by Crippen LogP contribution is -2.29. The number of carboxylic acid groups (broad SMARTS) is 1. The van der Waals surface area contributed by atoms with Crippen LogP contribution in [0.2, 0.25) is 0 Å². The van der Waals surface area contributed by atoms with Gasteiger partial charge < -0.3 is 14.7 Å². The second kappa shape index (κ2) is 5.73. The van der Waals surface area contributed by atoms with Crippen LogP contribution in [0, 0.1) is 0 Å². The minimum absolute atomic E-state index is 0.322. The van der Waals surface area contributed by atoms with Crippen molar-refractivity contribution in [3.8, 4) is 0 Å². The molecule has 2 aliphatic rings. The van der Waals surface area contributed by atoms with Gasteiger partial charge in [0, 0.05) is 24.1 Å². The molecule has 2 aliphatic heterocycles. The molecule has 1 fully saturated rings. The topological polar surface area (TPSA) is 66.8 Å². The summed E-state index contributed by atoms with van der Waals surface area (Å²) in [5.41, 5.74) is 0.729. The van der Waals surface area contributed by atoms with Crippen LogP contribution in [-0.2, 0) is 14.3 Å². The zero-order chi connectivity index (χ0) is 14.9. The Kier molecular flexibility index (Phi) is 4.39. The van der Waals surface area contributed by atoms with Crippen LogP contribution in [0.4, 0.5) is 0 Å². The van der Waals surface area contributed by atoms with E-state index in [9.17, 15) is 9.59 Å². The molecular formula is C13H17NO4S2. The molecule has 0 radical (unpaired) electrons. The monoisotopic (exact) mass is 315 g/mol. The standard InChI is InChI=1S/C13H17NO4S2/c1-4-18-12(17)10-11-14(5-6-19-10)8(7-9(15)16)13(2,3)20-11/h7H,4-6H2,1-3H3,(H,15,16). The number of nitrogens with zero attached hydrogens (tertiary/aromatic N) is 1. The van der Waals surface area contributed by atoms with Crippen LogP contribution in [0.25, 0.3) is 0 Å². The summed E-state index contributed by atoms with van der Waals surface area (Å²) in [6, 6.07) is 0. The van der Waals surface area contributed by atoms with Crippen molar-refractivity contribution in [2.45, 2.75) is 25.5 Å². The zero-order valence-electron chi connectivity index (χ0n) is 11.6. The number of fused-ring (bicyclic) bond motifs is 1. The highest BCUT2D eigenvalue weighted by molar-refractivity contribution is 8.08. The number of hydrogen-bond acceptors (Lipinski definition) is 6. The van der Waals surface area contributed by atoms with Crippen molar-refractivity contribution in [1.82, 2.24) is 4.90 Å². The summed E-state index contributed by atoms with van der Waals surface area (Å²) in [5, 5.41) is 9.85. The Morgan fingerprint density at radius 2 is 2.20 bits per heavy atom. The Balaban J connectivity index is 2.44. The molecule has 0 aromatic heterocycles. The van der Waals surface area contributed by atoms with Gasteiger partial charge in [-0.1, -0.05) is 11.8 Å². The molecule has 0 amide bonds. The third-order valence-corrected chi connectivity index (χ3v) is 5.48. The van der Waals surface area contributed by atoms with Crippen molar-refractivity contribution in [3.63, 3.8) is 0 Å². The SMILES string of the molecule is CCOC(=O)C1=C2SC(C)(C)C(=CC(=O)O)N2CCS1. The summed E-state index contributed by atoms with van der Waals surface area (Å²) in [7, 11) is 0. The predicted molar refractivity (Wildman–Crippen MR) is 80.2 cm³/mol. The Morgan fingerprint density at radius 3 is 2.80 bits per heavy atom. The lowest BCUT2D eigenvalue weighted by atomic mass is 10.1. The van der Waals surface area contributed by atoms with Crippen LogP contribution in [0.5, 0.6) is 0 Å². The molecule has 2 rings (SSSR count). The summed E-state index contributed by atoms with van der Waals surface area (Å²) in [6.45, 7) is 6.74. The fourth-order valence-electron chi connectivity index (χ4n) is 2.19. The highest BCUT2D eigenvalue weighted by Crippen LogP contribution is 2.53. The van der Waals surface area contributed by atoms with Crippen molar-refractivity contribution < 1.29 is 19.4 Å². The van der Waals surface area contributed by atoms with Crippen LogP contribution in [0.15, 0.2) is 21.7 Å². The van der Waals surface area contributed by atoms with Gasteiger partial charge in [0.25, 0.3) is 0 Å². The maximum atomic E-state index is 12.0. The number of esters is 1. The summed E-state index contributed by atoms with van der Waals surface area (Å²) < 4.78 is 4.72. The highest BCUT2D eigenvalue weighted by atomic mass is 32.2. The van der Waals surface area contributed by atoms with E-state index < -0.39 is 5.97 Å². The van der Waals surface area contributed by atoms with Gasteiger partial charge in [-0.3, -0.25) is 0 Å². The second-order valence-corrected chi connectivity index (χ2v) is 7.55. The fourth-order valence-corrected chi connectivity index (χ4v) is 4.61. The molecule has 0 unspecified atom stereocenters. The van der Waals surface area contributed by atoms with Crippen LogP contribution in [0.1, 0.15) is 20.8 Å². The summed E-state index contributed by atoms with van der Waals surface area (Å²) >= 11 is 2.99. The molecule has 0 aromatic carbocycles. The normalized spacial score (nSPS) is 22.9. The van der Waals surface area contributed by atoms with Crippen molar-refractivity contribution in [3.05, 3.63) is 21.7 Å². The third-order valence-electron chi connectivity index (χ3n) is 2.98. The number of aliphatic carboxylic acids is 1. The lowest BCUT2D eigenvalue weighted by molar-refractivity contribution is -0.137. The molecule has 0 saturated carbocycles. The molecule has 1 saturated heterocycles. The molecular weight excluding hydrogens is 298 g/mol. The smallest absolute Gasteiger partial charge is 0.347 e. The van der Waals surface area contributed by atoms with E-state index >= 15 is 0 Å². The minimum Gasteiger partial charge on any atom is -0.478 e. The lowest BCUT2D eigenvalue weighted by Gasteiger charge is -2.28. The maximum Gasteiger partial charge on any atom is 0.347 e. The number of ether oxygens (including phenoxy) is 1. The van der Waals surface area contributed by atoms with E-state index in [1.54, 1.807) is 6.92 Å². The van der Waals surface area contributed by atoms with Gasteiger partial charge in [-0.2, -0.15) is 0 Å². The van der Waals surface area contributed by atoms with Gasteiger partial charge in [-0.05, 0) is 20.8 Å². The van der Waals surface area contributed by atoms with Gasteiger partial charge in [0.2, 0.25) is 0 Å². The van der Waals surface area contributed by atoms with Crippen molar-refractivity contribution >= 4 is 35.5 Å². The van der Waals surface area contributed by atoms with Gasteiger partial charge in [0.05, 0.1) is 16.4 Å². The Morgan fingerprint density at radius 1 is 1.50 bits per heavy atom. The van der Waals surface area contributed by atoms with E-state index in [4.69, 9.17) is 9.84 Å².